The Morgan fingerprint density at radius 2 is 2.04 bits per heavy atom. The fourth-order valence-electron chi connectivity index (χ4n) is 3.99. The van der Waals surface area contributed by atoms with Gasteiger partial charge in [-0.25, -0.2) is 4.98 Å². The lowest BCUT2D eigenvalue weighted by Crippen LogP contribution is -2.37. The maximum atomic E-state index is 12.5. The summed E-state index contributed by atoms with van der Waals surface area (Å²) in [6.07, 6.45) is 8.33. The van der Waals surface area contributed by atoms with Gasteiger partial charge in [0.15, 0.2) is 5.82 Å². The molecule has 1 saturated heterocycles. The molecule has 144 valence electrons. The minimum Gasteiger partial charge on any atom is -0.507 e. The number of nitrogens with two attached hydrogens (primary N) is 1. The smallest absolute Gasteiger partial charge is 0.293 e. The molecular formula is C20H26N4O3. The summed E-state index contributed by atoms with van der Waals surface area (Å²) in [5, 5.41) is 13.7. The van der Waals surface area contributed by atoms with Gasteiger partial charge in [-0.15, -0.1) is 0 Å². The SMILES string of the molecule is Nc1nc(-c2cc(OC3CCCC3)ccc2O)cn(C2CCCNC2)c1=O. The zero-order valence-corrected chi connectivity index (χ0v) is 15.4. The van der Waals surface area contributed by atoms with E-state index in [1.54, 1.807) is 29.0 Å². The molecule has 2 aromatic rings. The Hall–Kier alpha value is -2.54. The summed E-state index contributed by atoms with van der Waals surface area (Å²) in [6.45, 7) is 1.68. The summed E-state index contributed by atoms with van der Waals surface area (Å²) in [7, 11) is 0. The predicted molar refractivity (Wildman–Crippen MR) is 104 cm³/mol. The van der Waals surface area contributed by atoms with Crippen LogP contribution in [-0.4, -0.2) is 33.9 Å². The fourth-order valence-corrected chi connectivity index (χ4v) is 3.99. The largest absolute Gasteiger partial charge is 0.507 e. The van der Waals surface area contributed by atoms with E-state index in [0.717, 1.165) is 38.8 Å². The third-order valence-electron chi connectivity index (χ3n) is 5.47. The maximum absolute atomic E-state index is 12.5. The van der Waals surface area contributed by atoms with Gasteiger partial charge in [0.25, 0.3) is 5.56 Å². The molecule has 0 amide bonds. The highest BCUT2D eigenvalue weighted by Crippen LogP contribution is 2.33. The number of benzene rings is 1. The Morgan fingerprint density at radius 1 is 1.22 bits per heavy atom. The molecule has 0 radical (unpaired) electrons. The van der Waals surface area contributed by atoms with Crippen molar-refractivity contribution in [3.63, 3.8) is 0 Å². The van der Waals surface area contributed by atoms with E-state index in [2.05, 4.69) is 10.3 Å². The number of aromatic hydroxyl groups is 1. The number of rotatable bonds is 4. The molecule has 2 heterocycles. The van der Waals surface area contributed by atoms with Crippen LogP contribution in [0, 0.1) is 0 Å². The van der Waals surface area contributed by atoms with Crippen molar-refractivity contribution in [2.75, 3.05) is 18.8 Å². The normalized spacial score (nSPS) is 20.7. The van der Waals surface area contributed by atoms with Crippen LogP contribution in [0.15, 0.2) is 29.2 Å². The molecule has 1 atom stereocenters. The van der Waals surface area contributed by atoms with Gasteiger partial charge < -0.3 is 25.5 Å². The summed E-state index contributed by atoms with van der Waals surface area (Å²) in [4.78, 5) is 16.7. The first-order chi connectivity index (χ1) is 13.1. The lowest BCUT2D eigenvalue weighted by atomic mass is 10.1. The number of aromatic nitrogens is 2. The van der Waals surface area contributed by atoms with Gasteiger partial charge in [-0.1, -0.05) is 0 Å². The van der Waals surface area contributed by atoms with Crippen molar-refractivity contribution in [1.29, 1.82) is 0 Å². The van der Waals surface area contributed by atoms with Gasteiger partial charge in [0.05, 0.1) is 11.8 Å². The molecule has 4 rings (SSSR count). The second-order valence-corrected chi connectivity index (χ2v) is 7.43. The Labute approximate surface area is 158 Å². The second-order valence-electron chi connectivity index (χ2n) is 7.43. The molecule has 1 aliphatic heterocycles. The third kappa shape index (κ3) is 3.78. The van der Waals surface area contributed by atoms with Gasteiger partial charge in [0, 0.05) is 24.3 Å². The van der Waals surface area contributed by atoms with Crippen LogP contribution in [0.1, 0.15) is 44.6 Å². The monoisotopic (exact) mass is 370 g/mol. The number of anilines is 1. The Morgan fingerprint density at radius 3 is 2.78 bits per heavy atom. The van der Waals surface area contributed by atoms with Crippen LogP contribution in [0.25, 0.3) is 11.3 Å². The standard InChI is InChI=1S/C20H26N4O3/c21-19-20(26)24(13-4-3-9-22-11-13)12-17(23-19)16-10-15(7-8-18(16)25)27-14-5-1-2-6-14/h7-8,10,12-14,22,25H,1-6,9,11H2,(H2,21,23). The number of nitrogen functional groups attached to an aromatic ring is 1. The van der Waals surface area contributed by atoms with E-state index in [1.165, 1.54) is 12.8 Å². The lowest BCUT2D eigenvalue weighted by Gasteiger charge is -2.25. The van der Waals surface area contributed by atoms with Crippen molar-refractivity contribution in [1.82, 2.24) is 14.9 Å². The number of ether oxygens (including phenoxy) is 1. The molecule has 4 N–H and O–H groups in total. The molecule has 0 bridgehead atoms. The summed E-state index contributed by atoms with van der Waals surface area (Å²) >= 11 is 0. The first-order valence-corrected chi connectivity index (χ1v) is 9.71. The Kier molecular flexibility index (Phi) is 5.03. The topological polar surface area (TPSA) is 102 Å². The van der Waals surface area contributed by atoms with Crippen LogP contribution in [0.3, 0.4) is 0 Å². The van der Waals surface area contributed by atoms with E-state index in [0.29, 0.717) is 17.0 Å². The van der Waals surface area contributed by atoms with Crippen LogP contribution in [0.5, 0.6) is 11.5 Å². The molecule has 1 aromatic carbocycles. The zero-order chi connectivity index (χ0) is 18.8. The van der Waals surface area contributed by atoms with Crippen molar-refractivity contribution in [3.8, 4) is 22.8 Å². The van der Waals surface area contributed by atoms with Gasteiger partial charge in [-0.05, 0) is 63.3 Å². The number of hydrogen-bond acceptors (Lipinski definition) is 6. The van der Waals surface area contributed by atoms with Crippen LogP contribution in [-0.2, 0) is 0 Å². The average molecular weight is 370 g/mol. The van der Waals surface area contributed by atoms with E-state index < -0.39 is 0 Å². The number of piperidine rings is 1. The molecule has 7 heteroatoms. The van der Waals surface area contributed by atoms with Crippen LogP contribution in [0.4, 0.5) is 5.82 Å². The fraction of sp³-hybridized carbons (Fsp3) is 0.500. The van der Waals surface area contributed by atoms with E-state index in [9.17, 15) is 9.90 Å². The molecule has 1 saturated carbocycles. The molecule has 1 aromatic heterocycles. The third-order valence-corrected chi connectivity index (χ3v) is 5.47. The van der Waals surface area contributed by atoms with Gasteiger partial charge in [0.2, 0.25) is 0 Å². The predicted octanol–water partition coefficient (Wildman–Crippen LogP) is 2.44. The molecule has 1 unspecified atom stereocenters. The van der Waals surface area contributed by atoms with Crippen LogP contribution in [0.2, 0.25) is 0 Å². The highest BCUT2D eigenvalue weighted by molar-refractivity contribution is 5.69. The minimum absolute atomic E-state index is 0.0374. The summed E-state index contributed by atoms with van der Waals surface area (Å²) < 4.78 is 7.69. The zero-order valence-electron chi connectivity index (χ0n) is 15.4. The molecule has 2 aliphatic rings. The van der Waals surface area contributed by atoms with E-state index in [4.69, 9.17) is 10.5 Å². The number of hydrogen-bond donors (Lipinski definition) is 3. The minimum atomic E-state index is -0.287. The maximum Gasteiger partial charge on any atom is 0.293 e. The first-order valence-electron chi connectivity index (χ1n) is 9.71. The average Bonchev–Trinajstić information content (AvgIpc) is 3.19. The summed E-state index contributed by atoms with van der Waals surface area (Å²) in [6, 6.07) is 5.19. The quantitative estimate of drug-likeness (QED) is 0.764. The molecule has 0 spiro atoms. The van der Waals surface area contributed by atoms with Crippen molar-refractivity contribution in [2.45, 2.75) is 50.7 Å². The van der Waals surface area contributed by atoms with Crippen molar-refractivity contribution in [3.05, 3.63) is 34.7 Å². The van der Waals surface area contributed by atoms with Gasteiger partial charge in [-0.3, -0.25) is 4.79 Å². The second kappa shape index (κ2) is 7.60. The van der Waals surface area contributed by atoms with Crippen molar-refractivity contribution in [2.24, 2.45) is 0 Å². The molecule has 1 aliphatic carbocycles. The number of nitrogens with one attached hydrogen (secondary N) is 1. The number of phenolic OH excluding ortho intramolecular Hbond substituents is 1. The summed E-state index contributed by atoms with van der Waals surface area (Å²) in [5.74, 6) is 0.736. The molecular weight excluding hydrogens is 344 g/mol. The van der Waals surface area contributed by atoms with E-state index in [1.807, 2.05) is 0 Å². The van der Waals surface area contributed by atoms with Crippen LogP contribution >= 0.6 is 0 Å². The number of nitrogens with zero attached hydrogens (tertiary/aromatic N) is 2. The van der Waals surface area contributed by atoms with E-state index in [-0.39, 0.29) is 29.3 Å². The van der Waals surface area contributed by atoms with Gasteiger partial charge in [0.1, 0.15) is 11.5 Å². The van der Waals surface area contributed by atoms with Gasteiger partial charge in [-0.2, -0.15) is 0 Å². The first kappa shape index (κ1) is 17.9. The van der Waals surface area contributed by atoms with Gasteiger partial charge >= 0.3 is 0 Å². The summed E-state index contributed by atoms with van der Waals surface area (Å²) in [5.41, 5.74) is 6.62. The molecule has 27 heavy (non-hydrogen) atoms. The van der Waals surface area contributed by atoms with Crippen molar-refractivity contribution >= 4 is 5.82 Å². The highest BCUT2D eigenvalue weighted by atomic mass is 16.5. The lowest BCUT2D eigenvalue weighted by molar-refractivity contribution is 0.210. The van der Waals surface area contributed by atoms with Crippen LogP contribution < -0.4 is 21.3 Å². The molecule has 7 nitrogen and oxygen atoms in total. The van der Waals surface area contributed by atoms with Crippen molar-refractivity contribution < 1.29 is 9.84 Å². The Balaban J connectivity index is 1.69. The number of phenols is 1. The van der Waals surface area contributed by atoms with E-state index >= 15 is 0 Å². The highest BCUT2D eigenvalue weighted by Gasteiger charge is 2.21. The Bertz CT molecular complexity index is 868. The molecule has 2 fully saturated rings.